The summed E-state index contributed by atoms with van der Waals surface area (Å²) < 4.78 is 6.86. The van der Waals surface area contributed by atoms with Crippen molar-refractivity contribution in [3.8, 4) is 0 Å². The van der Waals surface area contributed by atoms with Crippen molar-refractivity contribution in [3.05, 3.63) is 35.8 Å². The SMILES string of the molecule is Cc1ccn2cc(C(=O)OC(C(=O)NC(N)=O)C(C)C)nc2c1. The highest BCUT2D eigenvalue weighted by molar-refractivity contribution is 5.98. The van der Waals surface area contributed by atoms with Crippen LogP contribution < -0.4 is 11.1 Å². The fourth-order valence-corrected chi connectivity index (χ4v) is 2.04. The number of hydrogen-bond donors (Lipinski definition) is 2. The highest BCUT2D eigenvalue weighted by Gasteiger charge is 2.28. The maximum atomic E-state index is 12.2. The van der Waals surface area contributed by atoms with E-state index in [1.807, 2.05) is 24.4 Å². The summed E-state index contributed by atoms with van der Waals surface area (Å²) in [7, 11) is 0. The first-order valence-electron chi connectivity index (χ1n) is 7.04. The lowest BCUT2D eigenvalue weighted by Crippen LogP contribution is -2.45. The second kappa shape index (κ2) is 6.47. The molecule has 0 aliphatic heterocycles. The Morgan fingerprint density at radius 2 is 2.04 bits per heavy atom. The van der Waals surface area contributed by atoms with Gasteiger partial charge in [-0.3, -0.25) is 10.1 Å². The van der Waals surface area contributed by atoms with Crippen molar-refractivity contribution in [1.29, 1.82) is 0 Å². The van der Waals surface area contributed by atoms with Crippen molar-refractivity contribution in [2.45, 2.75) is 26.9 Å². The molecule has 0 spiro atoms. The predicted octanol–water partition coefficient (Wildman–Crippen LogP) is 1.02. The lowest BCUT2D eigenvalue weighted by molar-refractivity contribution is -0.130. The van der Waals surface area contributed by atoms with Gasteiger partial charge in [0.05, 0.1) is 0 Å². The van der Waals surface area contributed by atoms with Gasteiger partial charge in [0.15, 0.2) is 11.8 Å². The number of pyridine rings is 1. The van der Waals surface area contributed by atoms with Crippen molar-refractivity contribution in [1.82, 2.24) is 14.7 Å². The van der Waals surface area contributed by atoms with E-state index in [0.717, 1.165) is 5.56 Å². The number of aromatic nitrogens is 2. The number of hydrogen-bond acceptors (Lipinski definition) is 5. The Morgan fingerprint density at radius 3 is 2.65 bits per heavy atom. The molecular formula is C15H18N4O4. The molecule has 0 aliphatic carbocycles. The second-order valence-corrected chi connectivity index (χ2v) is 5.52. The molecule has 0 saturated heterocycles. The van der Waals surface area contributed by atoms with Gasteiger partial charge in [-0.1, -0.05) is 13.8 Å². The van der Waals surface area contributed by atoms with Gasteiger partial charge in [-0.2, -0.15) is 0 Å². The van der Waals surface area contributed by atoms with Crippen LogP contribution in [0.2, 0.25) is 0 Å². The Balaban J connectivity index is 2.19. The molecule has 8 heteroatoms. The zero-order valence-corrected chi connectivity index (χ0v) is 13.1. The van der Waals surface area contributed by atoms with Gasteiger partial charge in [0.2, 0.25) is 0 Å². The lowest BCUT2D eigenvalue weighted by Gasteiger charge is -2.19. The van der Waals surface area contributed by atoms with Gasteiger partial charge < -0.3 is 14.9 Å². The van der Waals surface area contributed by atoms with E-state index in [0.29, 0.717) is 5.65 Å². The van der Waals surface area contributed by atoms with E-state index >= 15 is 0 Å². The molecule has 0 radical (unpaired) electrons. The highest BCUT2D eigenvalue weighted by Crippen LogP contribution is 2.13. The zero-order valence-electron chi connectivity index (χ0n) is 13.1. The van der Waals surface area contributed by atoms with Crippen molar-refractivity contribution in [2.75, 3.05) is 0 Å². The molecule has 2 aromatic heterocycles. The summed E-state index contributed by atoms with van der Waals surface area (Å²) in [6, 6.07) is 2.69. The number of imidazole rings is 1. The molecule has 2 heterocycles. The van der Waals surface area contributed by atoms with Gasteiger partial charge in [0, 0.05) is 12.4 Å². The van der Waals surface area contributed by atoms with Crippen LogP contribution in [0.1, 0.15) is 29.9 Å². The molecule has 1 unspecified atom stereocenters. The number of nitrogens with one attached hydrogen (secondary N) is 1. The van der Waals surface area contributed by atoms with Crippen molar-refractivity contribution in [2.24, 2.45) is 11.7 Å². The molecule has 3 N–H and O–H groups in total. The molecule has 122 valence electrons. The molecule has 0 aromatic carbocycles. The molecule has 23 heavy (non-hydrogen) atoms. The summed E-state index contributed by atoms with van der Waals surface area (Å²) in [4.78, 5) is 39.0. The predicted molar refractivity (Wildman–Crippen MR) is 81.7 cm³/mol. The van der Waals surface area contributed by atoms with Crippen LogP contribution in [0.15, 0.2) is 24.5 Å². The number of esters is 1. The van der Waals surface area contributed by atoms with Crippen molar-refractivity contribution < 1.29 is 19.1 Å². The molecule has 0 aliphatic rings. The summed E-state index contributed by atoms with van der Waals surface area (Å²) >= 11 is 0. The van der Waals surface area contributed by atoms with E-state index in [-0.39, 0.29) is 11.6 Å². The first-order chi connectivity index (χ1) is 10.8. The van der Waals surface area contributed by atoms with E-state index in [1.54, 1.807) is 24.4 Å². The first kappa shape index (κ1) is 16.5. The Morgan fingerprint density at radius 1 is 1.35 bits per heavy atom. The second-order valence-electron chi connectivity index (χ2n) is 5.52. The zero-order chi connectivity index (χ0) is 17.1. The van der Waals surface area contributed by atoms with E-state index in [9.17, 15) is 14.4 Å². The number of amides is 3. The quantitative estimate of drug-likeness (QED) is 0.816. The smallest absolute Gasteiger partial charge is 0.359 e. The minimum atomic E-state index is -1.14. The fourth-order valence-electron chi connectivity index (χ4n) is 2.04. The minimum absolute atomic E-state index is 0.0770. The monoisotopic (exact) mass is 318 g/mol. The topological polar surface area (TPSA) is 116 Å². The van der Waals surface area contributed by atoms with Crippen molar-refractivity contribution in [3.63, 3.8) is 0 Å². The lowest BCUT2D eigenvalue weighted by atomic mass is 10.1. The Kier molecular flexibility index (Phi) is 4.63. The Hall–Kier alpha value is -2.90. The number of carbonyl (C=O) groups is 3. The molecular weight excluding hydrogens is 300 g/mol. The average molecular weight is 318 g/mol. The molecule has 8 nitrogen and oxygen atoms in total. The van der Waals surface area contributed by atoms with E-state index in [4.69, 9.17) is 10.5 Å². The molecule has 0 fully saturated rings. The molecule has 3 amide bonds. The first-order valence-corrected chi connectivity index (χ1v) is 7.04. The average Bonchev–Trinajstić information content (AvgIpc) is 2.86. The number of urea groups is 1. The van der Waals surface area contributed by atoms with Gasteiger partial charge in [-0.05, 0) is 30.5 Å². The summed E-state index contributed by atoms with van der Waals surface area (Å²) in [5, 5.41) is 1.91. The third kappa shape index (κ3) is 3.85. The fraction of sp³-hybridized carbons (Fsp3) is 0.333. The van der Waals surface area contributed by atoms with Crippen LogP contribution in [0.4, 0.5) is 4.79 Å². The van der Waals surface area contributed by atoms with E-state index in [2.05, 4.69) is 4.98 Å². The number of imide groups is 1. The molecule has 0 bridgehead atoms. The maximum Gasteiger partial charge on any atom is 0.359 e. The number of primary amides is 1. The number of nitrogens with two attached hydrogens (primary N) is 1. The van der Waals surface area contributed by atoms with Crippen LogP contribution in [0.5, 0.6) is 0 Å². The van der Waals surface area contributed by atoms with Gasteiger partial charge in [0.25, 0.3) is 5.91 Å². The van der Waals surface area contributed by atoms with Gasteiger partial charge >= 0.3 is 12.0 Å². The van der Waals surface area contributed by atoms with Gasteiger partial charge in [0.1, 0.15) is 5.65 Å². The molecule has 1 atom stereocenters. The largest absolute Gasteiger partial charge is 0.447 e. The summed E-state index contributed by atoms with van der Waals surface area (Å²) in [5.41, 5.74) is 6.59. The number of carbonyl (C=O) groups excluding carboxylic acids is 3. The number of rotatable bonds is 4. The van der Waals surface area contributed by atoms with Gasteiger partial charge in [-0.25, -0.2) is 14.6 Å². The number of aryl methyl sites for hydroxylation is 1. The molecule has 0 saturated carbocycles. The maximum absolute atomic E-state index is 12.2. The van der Waals surface area contributed by atoms with Crippen LogP contribution in [-0.2, 0) is 9.53 Å². The number of fused-ring (bicyclic) bond motifs is 1. The molecule has 2 aromatic rings. The number of nitrogens with zero attached hydrogens (tertiary/aromatic N) is 2. The Labute approximate surface area is 132 Å². The third-order valence-corrected chi connectivity index (χ3v) is 3.17. The molecule has 2 rings (SSSR count). The summed E-state index contributed by atoms with van der Waals surface area (Å²) in [6.45, 7) is 5.28. The minimum Gasteiger partial charge on any atom is -0.447 e. The van der Waals surface area contributed by atoms with Crippen LogP contribution in [0.25, 0.3) is 5.65 Å². The van der Waals surface area contributed by atoms with Crippen LogP contribution >= 0.6 is 0 Å². The van der Waals surface area contributed by atoms with Crippen LogP contribution in [-0.4, -0.2) is 33.4 Å². The van der Waals surface area contributed by atoms with Gasteiger partial charge in [-0.15, -0.1) is 0 Å². The summed E-state index contributed by atoms with van der Waals surface area (Å²) in [6.07, 6.45) is 2.15. The third-order valence-electron chi connectivity index (χ3n) is 3.17. The summed E-state index contributed by atoms with van der Waals surface area (Å²) in [5.74, 6) is -1.84. The normalized spacial score (nSPS) is 12.2. The standard InChI is InChI=1S/C15H18N4O4/c1-8(2)12(13(20)18-15(16)22)23-14(21)10-7-19-5-4-9(3)6-11(19)17-10/h4-8,12H,1-3H3,(H3,16,18,20,22). The van der Waals surface area contributed by atoms with Crippen molar-refractivity contribution >= 4 is 23.6 Å². The van der Waals surface area contributed by atoms with Crippen LogP contribution in [0.3, 0.4) is 0 Å². The highest BCUT2D eigenvalue weighted by atomic mass is 16.5. The Bertz CT molecular complexity index is 766. The van der Waals surface area contributed by atoms with Crippen LogP contribution in [0, 0.1) is 12.8 Å². The van der Waals surface area contributed by atoms with E-state index < -0.39 is 24.0 Å². The van der Waals surface area contributed by atoms with E-state index in [1.165, 1.54) is 6.20 Å². The number of ether oxygens (including phenoxy) is 1.